The van der Waals surface area contributed by atoms with Crippen molar-refractivity contribution in [2.45, 2.75) is 38.2 Å². The molecule has 0 aromatic carbocycles. The quantitative estimate of drug-likeness (QED) is 0.773. The van der Waals surface area contributed by atoms with Crippen LogP contribution in [0.2, 0.25) is 0 Å². The molecule has 0 spiro atoms. The molecule has 0 amide bonds. The summed E-state index contributed by atoms with van der Waals surface area (Å²) in [5.41, 5.74) is 0. The highest BCUT2D eigenvalue weighted by Crippen LogP contribution is 2.42. The monoisotopic (exact) mass is 329 g/mol. The van der Waals surface area contributed by atoms with E-state index in [2.05, 4.69) is 27.6 Å². The molecule has 1 heterocycles. The molecule has 3 atom stereocenters. The first-order valence-electron chi connectivity index (χ1n) is 6.08. The topological polar surface area (TPSA) is 22.1 Å². The van der Waals surface area contributed by atoms with Crippen LogP contribution in [0.4, 0.5) is 0 Å². The lowest BCUT2D eigenvalue weighted by Crippen LogP contribution is -2.26. The molecule has 2 bridgehead atoms. The number of hydrogen-bond acceptors (Lipinski definition) is 2. The van der Waals surface area contributed by atoms with Crippen LogP contribution < -0.4 is 4.74 Å². The maximum atomic E-state index is 6.00. The van der Waals surface area contributed by atoms with Gasteiger partial charge in [0.2, 0.25) is 5.88 Å². The lowest BCUT2D eigenvalue weighted by atomic mass is 9.87. The van der Waals surface area contributed by atoms with Gasteiger partial charge in [-0.15, -0.1) is 0 Å². The third-order valence-corrected chi connectivity index (χ3v) is 4.50. The third-order valence-electron chi connectivity index (χ3n) is 3.83. The van der Waals surface area contributed by atoms with E-state index in [0.29, 0.717) is 6.10 Å². The molecule has 86 valence electrons. The molecule has 0 radical (unpaired) electrons. The van der Waals surface area contributed by atoms with E-state index in [-0.39, 0.29) is 0 Å². The predicted octanol–water partition coefficient (Wildman–Crippen LogP) is 3.64. The molecule has 1 aromatic rings. The SMILES string of the molecule is Ic1ccnc(O[C@@H]2C[C@@H]3CC[C@@H](C3)C2)c1. The van der Waals surface area contributed by atoms with Crippen molar-refractivity contribution in [2.24, 2.45) is 11.8 Å². The summed E-state index contributed by atoms with van der Waals surface area (Å²) < 4.78 is 7.20. The van der Waals surface area contributed by atoms with Gasteiger partial charge in [-0.3, -0.25) is 0 Å². The normalized spacial score (nSPS) is 32.7. The first-order valence-corrected chi connectivity index (χ1v) is 7.15. The van der Waals surface area contributed by atoms with Crippen LogP contribution in [-0.2, 0) is 0 Å². The van der Waals surface area contributed by atoms with Crippen LogP contribution >= 0.6 is 22.6 Å². The fourth-order valence-corrected chi connectivity index (χ4v) is 3.59. The molecular weight excluding hydrogens is 313 g/mol. The van der Waals surface area contributed by atoms with Gasteiger partial charge in [0, 0.05) is 15.8 Å². The summed E-state index contributed by atoms with van der Waals surface area (Å²) in [6.07, 6.45) is 9.01. The predicted molar refractivity (Wildman–Crippen MR) is 71.4 cm³/mol. The second-order valence-electron chi connectivity index (χ2n) is 5.07. The first kappa shape index (κ1) is 10.8. The summed E-state index contributed by atoms with van der Waals surface area (Å²) in [6.45, 7) is 0. The molecule has 0 unspecified atom stereocenters. The van der Waals surface area contributed by atoms with Crippen LogP contribution in [-0.4, -0.2) is 11.1 Å². The zero-order chi connectivity index (χ0) is 11.0. The van der Waals surface area contributed by atoms with E-state index in [0.717, 1.165) is 17.7 Å². The summed E-state index contributed by atoms with van der Waals surface area (Å²) in [5, 5.41) is 0. The van der Waals surface area contributed by atoms with Crippen molar-refractivity contribution in [3.63, 3.8) is 0 Å². The number of fused-ring (bicyclic) bond motifs is 2. The van der Waals surface area contributed by atoms with Gasteiger partial charge in [-0.1, -0.05) is 12.8 Å². The van der Waals surface area contributed by atoms with Gasteiger partial charge in [0.15, 0.2) is 0 Å². The van der Waals surface area contributed by atoms with Crippen LogP contribution in [0.3, 0.4) is 0 Å². The van der Waals surface area contributed by atoms with Gasteiger partial charge < -0.3 is 4.74 Å². The average Bonchev–Trinajstić information content (AvgIpc) is 2.58. The molecular formula is C13H16INO. The van der Waals surface area contributed by atoms with Crippen molar-refractivity contribution in [1.82, 2.24) is 4.98 Å². The average molecular weight is 329 g/mol. The van der Waals surface area contributed by atoms with Crippen LogP contribution in [0, 0.1) is 15.4 Å². The van der Waals surface area contributed by atoms with Gasteiger partial charge >= 0.3 is 0 Å². The highest BCUT2D eigenvalue weighted by atomic mass is 127. The van der Waals surface area contributed by atoms with E-state index in [9.17, 15) is 0 Å². The van der Waals surface area contributed by atoms with E-state index in [1.165, 1.54) is 35.7 Å². The molecule has 1 aromatic heterocycles. The summed E-state index contributed by atoms with van der Waals surface area (Å²) >= 11 is 2.30. The number of ether oxygens (including phenoxy) is 1. The van der Waals surface area contributed by atoms with E-state index >= 15 is 0 Å². The minimum absolute atomic E-state index is 0.414. The molecule has 3 heteroatoms. The van der Waals surface area contributed by atoms with Gasteiger partial charge in [-0.05, 0) is 59.8 Å². The number of halogens is 1. The Hall–Kier alpha value is -0.320. The highest BCUT2D eigenvalue weighted by Gasteiger charge is 2.35. The minimum atomic E-state index is 0.414. The van der Waals surface area contributed by atoms with Gasteiger partial charge in [0.1, 0.15) is 6.10 Å². The second kappa shape index (κ2) is 4.51. The molecule has 16 heavy (non-hydrogen) atoms. The summed E-state index contributed by atoms with van der Waals surface area (Å²) in [7, 11) is 0. The Morgan fingerprint density at radius 1 is 1.19 bits per heavy atom. The smallest absolute Gasteiger partial charge is 0.214 e. The van der Waals surface area contributed by atoms with Crippen LogP contribution in [0.5, 0.6) is 5.88 Å². The molecule has 2 aliphatic rings. The summed E-state index contributed by atoms with van der Waals surface area (Å²) in [5.74, 6) is 2.65. The lowest BCUT2D eigenvalue weighted by Gasteiger charge is -2.27. The van der Waals surface area contributed by atoms with Crippen molar-refractivity contribution < 1.29 is 4.74 Å². The molecule has 2 nitrogen and oxygen atoms in total. The third kappa shape index (κ3) is 2.34. The Balaban J connectivity index is 1.67. The van der Waals surface area contributed by atoms with Crippen molar-refractivity contribution in [1.29, 1.82) is 0 Å². The van der Waals surface area contributed by atoms with Crippen molar-refractivity contribution in [3.8, 4) is 5.88 Å². The van der Waals surface area contributed by atoms with Crippen molar-refractivity contribution in [2.75, 3.05) is 0 Å². The Morgan fingerprint density at radius 2 is 1.94 bits per heavy atom. The molecule has 0 aliphatic heterocycles. The minimum Gasteiger partial charge on any atom is -0.474 e. The highest BCUT2D eigenvalue weighted by molar-refractivity contribution is 14.1. The van der Waals surface area contributed by atoms with Gasteiger partial charge in [-0.2, -0.15) is 0 Å². The molecule has 3 rings (SSSR count). The fraction of sp³-hybridized carbons (Fsp3) is 0.615. The lowest BCUT2D eigenvalue weighted by molar-refractivity contribution is 0.114. The molecule has 0 N–H and O–H groups in total. The molecule has 2 saturated carbocycles. The first-order chi connectivity index (χ1) is 7.79. The van der Waals surface area contributed by atoms with Gasteiger partial charge in [-0.25, -0.2) is 4.98 Å². The number of hydrogen-bond donors (Lipinski definition) is 0. The van der Waals surface area contributed by atoms with E-state index in [1.54, 1.807) is 0 Å². The van der Waals surface area contributed by atoms with Crippen LogP contribution in [0.1, 0.15) is 32.1 Å². The Morgan fingerprint density at radius 3 is 2.62 bits per heavy atom. The van der Waals surface area contributed by atoms with Crippen molar-refractivity contribution in [3.05, 3.63) is 21.9 Å². The number of nitrogens with zero attached hydrogens (tertiary/aromatic N) is 1. The molecule has 0 saturated heterocycles. The zero-order valence-corrected chi connectivity index (χ0v) is 11.4. The molecule has 2 aliphatic carbocycles. The molecule has 2 fully saturated rings. The summed E-state index contributed by atoms with van der Waals surface area (Å²) in [4.78, 5) is 4.28. The number of rotatable bonds is 2. The Kier molecular flexibility index (Phi) is 3.05. The van der Waals surface area contributed by atoms with E-state index in [4.69, 9.17) is 4.74 Å². The fourth-order valence-electron chi connectivity index (χ4n) is 3.16. The standard InChI is InChI=1S/C13H16INO/c14-11-3-4-15-13(8-11)16-12-6-9-1-2-10(5-9)7-12/h3-4,8-10,12H,1-2,5-7H2/t9-,10+,12-. The summed E-state index contributed by atoms with van der Waals surface area (Å²) in [6, 6.07) is 4.02. The Bertz CT molecular complexity index is 370. The van der Waals surface area contributed by atoms with E-state index in [1.807, 2.05) is 18.3 Å². The number of pyridine rings is 1. The van der Waals surface area contributed by atoms with Crippen molar-refractivity contribution >= 4 is 22.6 Å². The largest absolute Gasteiger partial charge is 0.474 e. The maximum Gasteiger partial charge on any atom is 0.214 e. The van der Waals surface area contributed by atoms with E-state index < -0.39 is 0 Å². The Labute approximate surface area is 110 Å². The number of aromatic nitrogens is 1. The van der Waals surface area contributed by atoms with Crippen LogP contribution in [0.25, 0.3) is 0 Å². The zero-order valence-electron chi connectivity index (χ0n) is 9.23. The van der Waals surface area contributed by atoms with Gasteiger partial charge in [0.25, 0.3) is 0 Å². The van der Waals surface area contributed by atoms with Gasteiger partial charge in [0.05, 0.1) is 0 Å². The second-order valence-corrected chi connectivity index (χ2v) is 6.31. The maximum absolute atomic E-state index is 6.00. The van der Waals surface area contributed by atoms with Crippen LogP contribution in [0.15, 0.2) is 18.3 Å².